The summed E-state index contributed by atoms with van der Waals surface area (Å²) in [6, 6.07) is 7.64. The Balaban J connectivity index is 1.74. The standard InChI is InChI=1S/C20H26N2O3/c1-2-7-16-20(14-8-3-4-9-15(14)21-17(20)23)12-13-22(16)18(24)19(25)10-5-6-11-19/h3-4,8-9,16,25H,2,5-7,10-13H2,1H3,(H,21,23)/t16-,20+/m0/s1. The van der Waals surface area contributed by atoms with Crippen LogP contribution in [0.2, 0.25) is 0 Å². The number of para-hydroxylation sites is 1. The van der Waals surface area contributed by atoms with Crippen molar-refractivity contribution in [2.24, 2.45) is 0 Å². The zero-order valence-corrected chi connectivity index (χ0v) is 14.8. The van der Waals surface area contributed by atoms with E-state index in [2.05, 4.69) is 12.2 Å². The van der Waals surface area contributed by atoms with Crippen LogP contribution >= 0.6 is 0 Å². The molecule has 1 spiro atoms. The van der Waals surface area contributed by atoms with Gasteiger partial charge in [-0.1, -0.05) is 31.5 Å². The van der Waals surface area contributed by atoms with Crippen LogP contribution in [0.1, 0.15) is 57.4 Å². The molecule has 0 bridgehead atoms. The molecule has 2 amide bonds. The molecule has 5 heteroatoms. The van der Waals surface area contributed by atoms with Crippen molar-refractivity contribution < 1.29 is 14.7 Å². The molecule has 1 saturated carbocycles. The lowest BCUT2D eigenvalue weighted by molar-refractivity contribution is -0.152. The monoisotopic (exact) mass is 342 g/mol. The summed E-state index contributed by atoms with van der Waals surface area (Å²) in [4.78, 5) is 28.0. The maximum atomic E-state index is 13.2. The van der Waals surface area contributed by atoms with E-state index in [0.717, 1.165) is 36.9 Å². The van der Waals surface area contributed by atoms with Gasteiger partial charge in [-0.05, 0) is 50.2 Å². The molecule has 0 aromatic heterocycles. The zero-order valence-electron chi connectivity index (χ0n) is 14.8. The van der Waals surface area contributed by atoms with Gasteiger partial charge < -0.3 is 15.3 Å². The molecule has 3 aliphatic rings. The van der Waals surface area contributed by atoms with E-state index in [-0.39, 0.29) is 17.9 Å². The number of rotatable bonds is 3. The SMILES string of the molecule is CCC[C@@H]1N(C(=O)C2(O)CCCC2)CC[C@]12C(=O)Nc1ccccc12. The van der Waals surface area contributed by atoms with Crippen molar-refractivity contribution in [3.63, 3.8) is 0 Å². The van der Waals surface area contributed by atoms with Gasteiger partial charge in [0.15, 0.2) is 0 Å². The van der Waals surface area contributed by atoms with Gasteiger partial charge in [0.05, 0.1) is 11.5 Å². The summed E-state index contributed by atoms with van der Waals surface area (Å²) in [6.45, 7) is 2.62. The summed E-state index contributed by atoms with van der Waals surface area (Å²) < 4.78 is 0. The molecular weight excluding hydrogens is 316 g/mol. The first-order valence-corrected chi connectivity index (χ1v) is 9.47. The van der Waals surface area contributed by atoms with Crippen LogP contribution in [0, 0.1) is 0 Å². The molecule has 2 N–H and O–H groups in total. The highest BCUT2D eigenvalue weighted by atomic mass is 16.3. The highest BCUT2D eigenvalue weighted by Gasteiger charge is 2.60. The van der Waals surface area contributed by atoms with E-state index in [1.54, 1.807) is 0 Å². The van der Waals surface area contributed by atoms with Crippen LogP contribution in [0.5, 0.6) is 0 Å². The molecule has 5 nitrogen and oxygen atoms in total. The van der Waals surface area contributed by atoms with Crippen LogP contribution in [0.15, 0.2) is 24.3 Å². The average Bonchev–Trinajstić information content (AvgIpc) is 3.28. The first kappa shape index (κ1) is 16.6. The second kappa shape index (κ2) is 5.84. The minimum absolute atomic E-state index is 0.000798. The third-order valence-electron chi connectivity index (χ3n) is 6.40. The Morgan fingerprint density at radius 3 is 2.72 bits per heavy atom. The van der Waals surface area contributed by atoms with Gasteiger partial charge in [0.1, 0.15) is 5.60 Å². The number of carbonyl (C=O) groups is 2. The Morgan fingerprint density at radius 2 is 2.00 bits per heavy atom. The Kier molecular flexibility index (Phi) is 3.87. The number of anilines is 1. The molecule has 25 heavy (non-hydrogen) atoms. The van der Waals surface area contributed by atoms with E-state index >= 15 is 0 Å². The first-order chi connectivity index (χ1) is 12.0. The lowest BCUT2D eigenvalue weighted by Crippen LogP contribution is -2.54. The number of benzene rings is 1. The van der Waals surface area contributed by atoms with Crippen molar-refractivity contribution >= 4 is 17.5 Å². The molecule has 1 saturated heterocycles. The molecular formula is C20H26N2O3. The van der Waals surface area contributed by atoms with E-state index in [1.807, 2.05) is 29.2 Å². The highest BCUT2D eigenvalue weighted by molar-refractivity contribution is 6.07. The molecule has 2 atom stereocenters. The van der Waals surface area contributed by atoms with Crippen molar-refractivity contribution in [2.45, 2.75) is 68.9 Å². The van der Waals surface area contributed by atoms with Crippen LogP contribution in [0.3, 0.4) is 0 Å². The molecule has 1 aliphatic carbocycles. The van der Waals surface area contributed by atoms with Gasteiger partial charge >= 0.3 is 0 Å². The smallest absolute Gasteiger partial charge is 0.254 e. The minimum atomic E-state index is -1.23. The molecule has 0 radical (unpaired) electrons. The number of likely N-dealkylation sites (tertiary alicyclic amines) is 1. The van der Waals surface area contributed by atoms with E-state index in [9.17, 15) is 14.7 Å². The Bertz CT molecular complexity index is 711. The van der Waals surface area contributed by atoms with Gasteiger partial charge in [-0.25, -0.2) is 0 Å². The number of fused-ring (bicyclic) bond motifs is 2. The van der Waals surface area contributed by atoms with Crippen molar-refractivity contribution in [1.29, 1.82) is 0 Å². The van der Waals surface area contributed by atoms with Gasteiger partial charge in [-0.2, -0.15) is 0 Å². The summed E-state index contributed by atoms with van der Waals surface area (Å²) in [5, 5.41) is 13.8. The van der Waals surface area contributed by atoms with Crippen molar-refractivity contribution in [3.05, 3.63) is 29.8 Å². The molecule has 1 aromatic carbocycles. The lowest BCUT2D eigenvalue weighted by atomic mass is 9.73. The van der Waals surface area contributed by atoms with Crippen LogP contribution in [-0.2, 0) is 15.0 Å². The Labute approximate surface area is 148 Å². The van der Waals surface area contributed by atoms with Crippen LogP contribution in [-0.4, -0.2) is 40.0 Å². The second-order valence-electron chi connectivity index (χ2n) is 7.76. The summed E-state index contributed by atoms with van der Waals surface area (Å²) in [5.74, 6) is -0.168. The third kappa shape index (κ3) is 2.25. The largest absolute Gasteiger partial charge is 0.380 e. The van der Waals surface area contributed by atoms with E-state index in [0.29, 0.717) is 25.8 Å². The fourth-order valence-corrected chi connectivity index (χ4v) is 5.16. The van der Waals surface area contributed by atoms with Crippen LogP contribution in [0.25, 0.3) is 0 Å². The van der Waals surface area contributed by atoms with E-state index < -0.39 is 11.0 Å². The Morgan fingerprint density at radius 1 is 1.28 bits per heavy atom. The van der Waals surface area contributed by atoms with Gasteiger partial charge in [-0.15, -0.1) is 0 Å². The number of nitrogens with one attached hydrogen (secondary N) is 1. The molecule has 1 aromatic rings. The maximum absolute atomic E-state index is 13.2. The quantitative estimate of drug-likeness (QED) is 0.887. The lowest BCUT2D eigenvalue weighted by Gasteiger charge is -2.37. The number of aliphatic hydroxyl groups is 1. The summed E-state index contributed by atoms with van der Waals surface area (Å²) in [6.07, 6.45) is 5.15. The molecule has 2 fully saturated rings. The van der Waals surface area contributed by atoms with E-state index in [4.69, 9.17) is 0 Å². The summed E-state index contributed by atoms with van der Waals surface area (Å²) in [5.41, 5.74) is -0.0294. The van der Waals surface area contributed by atoms with Crippen LogP contribution in [0.4, 0.5) is 5.69 Å². The molecule has 134 valence electrons. The average molecular weight is 342 g/mol. The van der Waals surface area contributed by atoms with Crippen molar-refractivity contribution in [3.8, 4) is 0 Å². The summed E-state index contributed by atoms with van der Waals surface area (Å²) >= 11 is 0. The second-order valence-corrected chi connectivity index (χ2v) is 7.76. The number of nitrogens with zero attached hydrogens (tertiary/aromatic N) is 1. The maximum Gasteiger partial charge on any atom is 0.254 e. The topological polar surface area (TPSA) is 69.6 Å². The van der Waals surface area contributed by atoms with Crippen molar-refractivity contribution in [1.82, 2.24) is 4.90 Å². The van der Waals surface area contributed by atoms with Gasteiger partial charge in [0.25, 0.3) is 5.91 Å². The van der Waals surface area contributed by atoms with E-state index in [1.165, 1.54) is 0 Å². The number of amides is 2. The zero-order chi connectivity index (χ0) is 17.7. The molecule has 2 heterocycles. The molecule has 2 aliphatic heterocycles. The predicted molar refractivity (Wildman–Crippen MR) is 95.2 cm³/mol. The number of hydrogen-bond donors (Lipinski definition) is 2. The van der Waals surface area contributed by atoms with Crippen molar-refractivity contribution in [2.75, 3.05) is 11.9 Å². The minimum Gasteiger partial charge on any atom is -0.380 e. The fourth-order valence-electron chi connectivity index (χ4n) is 5.16. The first-order valence-electron chi connectivity index (χ1n) is 9.47. The van der Waals surface area contributed by atoms with Gasteiger partial charge in [0, 0.05) is 12.2 Å². The Hall–Kier alpha value is -1.88. The van der Waals surface area contributed by atoms with Gasteiger partial charge in [-0.3, -0.25) is 9.59 Å². The van der Waals surface area contributed by atoms with Crippen LogP contribution < -0.4 is 5.32 Å². The number of carbonyl (C=O) groups excluding carboxylic acids is 2. The molecule has 4 rings (SSSR count). The highest BCUT2D eigenvalue weighted by Crippen LogP contribution is 2.50. The normalized spacial score (nSPS) is 29.9. The van der Waals surface area contributed by atoms with Gasteiger partial charge in [0.2, 0.25) is 5.91 Å². The summed E-state index contributed by atoms with van der Waals surface area (Å²) in [7, 11) is 0. The number of hydrogen-bond acceptors (Lipinski definition) is 3. The predicted octanol–water partition coefficient (Wildman–Crippen LogP) is 2.58. The fraction of sp³-hybridized carbons (Fsp3) is 0.600. The third-order valence-corrected chi connectivity index (χ3v) is 6.40. The molecule has 0 unspecified atom stereocenters.